The Morgan fingerprint density at radius 2 is 2.14 bits per heavy atom. The summed E-state index contributed by atoms with van der Waals surface area (Å²) in [5.41, 5.74) is 5.09. The van der Waals surface area contributed by atoms with Crippen LogP contribution < -0.4 is 0 Å². The van der Waals surface area contributed by atoms with Crippen molar-refractivity contribution >= 4 is 0 Å². The molecule has 4 rings (SSSR count). The van der Waals surface area contributed by atoms with E-state index in [9.17, 15) is 0 Å². The van der Waals surface area contributed by atoms with Gasteiger partial charge in [0.05, 0.1) is 17.4 Å². The Balaban J connectivity index is 1.53. The standard InChI is InChI=1S/C18H24N4/c1-13-8-9-14(19-11-13)12-22-10-4-7-17(22)18-20-15-5-2-3-6-16(15)21-18/h8-9,11,17H,2-7,10,12H2,1H3,(H,20,21). The van der Waals surface area contributed by atoms with Crippen molar-refractivity contribution in [1.82, 2.24) is 19.9 Å². The van der Waals surface area contributed by atoms with E-state index in [2.05, 4.69) is 33.9 Å². The number of hydrogen-bond donors (Lipinski definition) is 1. The molecule has 0 spiro atoms. The van der Waals surface area contributed by atoms with Crippen LogP contribution in [0, 0.1) is 6.92 Å². The van der Waals surface area contributed by atoms with Crippen LogP contribution in [0.5, 0.6) is 0 Å². The SMILES string of the molecule is Cc1ccc(CN2CCCC2c2nc3c([nH]2)CCCC3)nc1. The Morgan fingerprint density at radius 3 is 2.95 bits per heavy atom. The monoisotopic (exact) mass is 296 g/mol. The molecule has 116 valence electrons. The molecule has 0 saturated carbocycles. The van der Waals surface area contributed by atoms with Crippen LogP contribution in [0.25, 0.3) is 0 Å². The van der Waals surface area contributed by atoms with Crippen LogP contribution in [0.2, 0.25) is 0 Å². The average Bonchev–Trinajstić information content (AvgIpc) is 3.15. The van der Waals surface area contributed by atoms with Crippen molar-refractivity contribution in [3.63, 3.8) is 0 Å². The first-order valence-corrected chi connectivity index (χ1v) is 8.53. The number of nitrogens with zero attached hydrogens (tertiary/aromatic N) is 3. The van der Waals surface area contributed by atoms with Gasteiger partial charge in [-0.2, -0.15) is 0 Å². The number of aromatic nitrogens is 3. The zero-order chi connectivity index (χ0) is 14.9. The number of imidazole rings is 1. The van der Waals surface area contributed by atoms with Crippen LogP contribution in [-0.2, 0) is 19.4 Å². The summed E-state index contributed by atoms with van der Waals surface area (Å²) in [5.74, 6) is 1.19. The summed E-state index contributed by atoms with van der Waals surface area (Å²) in [6.07, 6.45) is 9.34. The van der Waals surface area contributed by atoms with Gasteiger partial charge in [-0.05, 0) is 63.6 Å². The van der Waals surface area contributed by atoms with Crippen LogP contribution >= 0.6 is 0 Å². The number of pyridine rings is 1. The third-order valence-corrected chi connectivity index (χ3v) is 4.99. The van der Waals surface area contributed by atoms with Crippen molar-refractivity contribution in [2.24, 2.45) is 0 Å². The second-order valence-corrected chi connectivity index (χ2v) is 6.71. The minimum Gasteiger partial charge on any atom is -0.344 e. The van der Waals surface area contributed by atoms with Gasteiger partial charge in [0, 0.05) is 18.4 Å². The van der Waals surface area contributed by atoms with Crippen LogP contribution in [0.4, 0.5) is 0 Å². The van der Waals surface area contributed by atoms with E-state index in [0.717, 1.165) is 25.2 Å². The molecule has 1 fully saturated rings. The van der Waals surface area contributed by atoms with Crippen molar-refractivity contribution < 1.29 is 0 Å². The van der Waals surface area contributed by atoms with E-state index in [1.54, 1.807) is 0 Å². The number of fused-ring (bicyclic) bond motifs is 1. The molecule has 1 atom stereocenters. The van der Waals surface area contributed by atoms with Gasteiger partial charge < -0.3 is 4.98 Å². The van der Waals surface area contributed by atoms with Gasteiger partial charge in [0.1, 0.15) is 5.82 Å². The molecule has 3 heterocycles. The van der Waals surface area contributed by atoms with Gasteiger partial charge in [-0.3, -0.25) is 9.88 Å². The van der Waals surface area contributed by atoms with Crippen LogP contribution in [-0.4, -0.2) is 26.4 Å². The lowest BCUT2D eigenvalue weighted by atomic mass is 10.0. The van der Waals surface area contributed by atoms with Crippen molar-refractivity contribution in [3.05, 3.63) is 46.8 Å². The summed E-state index contributed by atoms with van der Waals surface area (Å²) < 4.78 is 0. The molecule has 1 saturated heterocycles. The van der Waals surface area contributed by atoms with E-state index in [1.165, 1.54) is 54.9 Å². The third-order valence-electron chi connectivity index (χ3n) is 4.99. The van der Waals surface area contributed by atoms with E-state index in [0.29, 0.717) is 6.04 Å². The Bertz CT molecular complexity index is 620. The number of likely N-dealkylation sites (tertiary alicyclic amines) is 1. The number of aromatic amines is 1. The Hall–Kier alpha value is -1.68. The molecule has 1 unspecified atom stereocenters. The topological polar surface area (TPSA) is 44.8 Å². The molecule has 2 aromatic heterocycles. The van der Waals surface area contributed by atoms with Gasteiger partial charge >= 0.3 is 0 Å². The van der Waals surface area contributed by atoms with Crippen molar-refractivity contribution in [3.8, 4) is 0 Å². The maximum absolute atomic E-state index is 4.92. The molecule has 0 radical (unpaired) electrons. The fourth-order valence-corrected chi connectivity index (χ4v) is 3.76. The van der Waals surface area contributed by atoms with Gasteiger partial charge in [-0.15, -0.1) is 0 Å². The molecule has 0 bridgehead atoms. The summed E-state index contributed by atoms with van der Waals surface area (Å²) in [7, 11) is 0. The zero-order valence-electron chi connectivity index (χ0n) is 13.3. The summed E-state index contributed by atoms with van der Waals surface area (Å²) in [6, 6.07) is 4.74. The Labute approximate surface area is 132 Å². The maximum Gasteiger partial charge on any atom is 0.124 e. The first-order valence-electron chi connectivity index (χ1n) is 8.53. The summed E-state index contributed by atoms with van der Waals surface area (Å²) in [6.45, 7) is 4.16. The van der Waals surface area contributed by atoms with E-state index in [4.69, 9.17) is 4.98 Å². The van der Waals surface area contributed by atoms with Crippen molar-refractivity contribution in [2.45, 2.75) is 58.0 Å². The molecule has 2 aliphatic rings. The highest BCUT2D eigenvalue weighted by Crippen LogP contribution is 2.33. The van der Waals surface area contributed by atoms with Gasteiger partial charge in [0.15, 0.2) is 0 Å². The maximum atomic E-state index is 4.92. The molecule has 22 heavy (non-hydrogen) atoms. The van der Waals surface area contributed by atoms with E-state index < -0.39 is 0 Å². The lowest BCUT2D eigenvalue weighted by Gasteiger charge is -2.22. The second kappa shape index (κ2) is 5.84. The fraction of sp³-hybridized carbons (Fsp3) is 0.556. The van der Waals surface area contributed by atoms with Gasteiger partial charge in [0.2, 0.25) is 0 Å². The second-order valence-electron chi connectivity index (χ2n) is 6.71. The van der Waals surface area contributed by atoms with Gasteiger partial charge in [-0.25, -0.2) is 4.98 Å². The zero-order valence-corrected chi connectivity index (χ0v) is 13.3. The molecule has 4 heteroatoms. The first-order chi connectivity index (χ1) is 10.8. The van der Waals surface area contributed by atoms with Gasteiger partial charge in [0.25, 0.3) is 0 Å². The Kier molecular flexibility index (Phi) is 3.70. The largest absolute Gasteiger partial charge is 0.344 e. The van der Waals surface area contributed by atoms with Crippen LogP contribution in [0.3, 0.4) is 0 Å². The molecule has 0 amide bonds. The molecule has 4 nitrogen and oxygen atoms in total. The molecule has 1 aliphatic carbocycles. The lowest BCUT2D eigenvalue weighted by molar-refractivity contribution is 0.238. The molecule has 1 aliphatic heterocycles. The van der Waals surface area contributed by atoms with Crippen molar-refractivity contribution in [2.75, 3.05) is 6.54 Å². The smallest absolute Gasteiger partial charge is 0.124 e. The highest BCUT2D eigenvalue weighted by atomic mass is 15.2. The fourth-order valence-electron chi connectivity index (χ4n) is 3.76. The summed E-state index contributed by atoms with van der Waals surface area (Å²) >= 11 is 0. The van der Waals surface area contributed by atoms with E-state index in [1.807, 2.05) is 6.20 Å². The van der Waals surface area contributed by atoms with E-state index >= 15 is 0 Å². The highest BCUT2D eigenvalue weighted by molar-refractivity contribution is 5.20. The summed E-state index contributed by atoms with van der Waals surface area (Å²) in [5, 5.41) is 0. The van der Waals surface area contributed by atoms with Crippen LogP contribution in [0.15, 0.2) is 18.3 Å². The normalized spacial score (nSPS) is 22.0. The number of nitrogens with one attached hydrogen (secondary N) is 1. The molecular weight excluding hydrogens is 272 g/mol. The van der Waals surface area contributed by atoms with Gasteiger partial charge in [-0.1, -0.05) is 6.07 Å². The third kappa shape index (κ3) is 2.68. The quantitative estimate of drug-likeness (QED) is 0.945. The highest BCUT2D eigenvalue weighted by Gasteiger charge is 2.29. The lowest BCUT2D eigenvalue weighted by Crippen LogP contribution is -2.24. The predicted octanol–water partition coefficient (Wildman–Crippen LogP) is 3.33. The number of aryl methyl sites for hydroxylation is 3. The number of hydrogen-bond acceptors (Lipinski definition) is 3. The summed E-state index contributed by atoms with van der Waals surface area (Å²) in [4.78, 5) is 15.6. The Morgan fingerprint density at radius 1 is 1.23 bits per heavy atom. The molecular formula is C18H24N4. The molecule has 2 aromatic rings. The molecule has 0 aromatic carbocycles. The minimum absolute atomic E-state index is 0.439. The first kappa shape index (κ1) is 13.9. The predicted molar refractivity (Wildman–Crippen MR) is 86.6 cm³/mol. The number of H-pyrrole nitrogens is 1. The minimum atomic E-state index is 0.439. The number of rotatable bonds is 3. The average molecular weight is 296 g/mol. The van der Waals surface area contributed by atoms with Crippen LogP contribution in [0.1, 0.15) is 60.2 Å². The van der Waals surface area contributed by atoms with Crippen molar-refractivity contribution in [1.29, 1.82) is 0 Å². The molecule has 1 N–H and O–H groups in total. The van der Waals surface area contributed by atoms with E-state index in [-0.39, 0.29) is 0 Å².